The van der Waals surface area contributed by atoms with Gasteiger partial charge < -0.3 is 0 Å². The maximum absolute atomic E-state index is 12.8. The van der Waals surface area contributed by atoms with Crippen molar-refractivity contribution in [2.45, 2.75) is 13.8 Å². The van der Waals surface area contributed by atoms with Gasteiger partial charge in [-0.25, -0.2) is 4.39 Å². The molecule has 0 radical (unpaired) electrons. The summed E-state index contributed by atoms with van der Waals surface area (Å²) in [5.74, 6) is -0.588. The van der Waals surface area contributed by atoms with Gasteiger partial charge in [-0.05, 0) is 31.5 Å². The lowest BCUT2D eigenvalue weighted by Gasteiger charge is -2.03. The first-order valence-electron chi connectivity index (χ1n) is 3.58. The van der Waals surface area contributed by atoms with E-state index in [1.165, 1.54) is 13.8 Å². The molecule has 0 amide bonds. The Morgan fingerprint density at radius 2 is 1.54 bits per heavy atom. The molecule has 0 aliphatic carbocycles. The van der Waals surface area contributed by atoms with E-state index in [-0.39, 0.29) is 11.1 Å². The fraction of sp³-hybridized carbons (Fsp3) is 0.250. The smallest absolute Gasteiger partial charge is 0.207 e. The van der Waals surface area contributed by atoms with Gasteiger partial charge in [-0.15, -0.1) is 0 Å². The largest absolute Gasteiger partial charge is 0.602 e. The highest BCUT2D eigenvalue weighted by atomic mass is 31.3. The Balaban J connectivity index is 3.35. The van der Waals surface area contributed by atoms with Crippen molar-refractivity contribution >= 4 is 13.5 Å². The Hall–Kier alpha value is -0.630. The fourth-order valence-corrected chi connectivity index (χ4v) is 1.84. The number of benzene rings is 1. The van der Waals surface area contributed by atoms with E-state index in [2.05, 4.69) is 0 Å². The summed E-state index contributed by atoms with van der Waals surface area (Å²) < 4.78 is 49.8. The van der Waals surface area contributed by atoms with Gasteiger partial charge in [0, 0.05) is 18.2 Å². The maximum atomic E-state index is 12.8. The first-order valence-corrected chi connectivity index (χ1v) is 5.04. The molecule has 0 nitrogen and oxygen atoms in total. The number of hydrogen-bond donors (Lipinski definition) is 0. The molecule has 0 unspecified atom stereocenters. The van der Waals surface area contributed by atoms with Crippen molar-refractivity contribution in [2.24, 2.45) is 0 Å². The van der Waals surface area contributed by atoms with Crippen LogP contribution in [0.5, 0.6) is 0 Å². The van der Waals surface area contributed by atoms with E-state index in [4.69, 9.17) is 0 Å². The van der Waals surface area contributed by atoms with Gasteiger partial charge in [-0.2, -0.15) is 0 Å². The summed E-state index contributed by atoms with van der Waals surface area (Å²) in [6.07, 6.45) is 0. The number of hydrogen-bond acceptors (Lipinski definition) is 0. The third-order valence-electron chi connectivity index (χ3n) is 1.97. The van der Waals surface area contributed by atoms with Crippen LogP contribution in [0.4, 0.5) is 17.0 Å². The Morgan fingerprint density at radius 3 is 2.00 bits per heavy atom. The summed E-state index contributed by atoms with van der Waals surface area (Å²) in [6, 6.07) is 1.68. The average Bonchev–Trinajstić information content (AvgIpc) is 1.98. The van der Waals surface area contributed by atoms with Crippen molar-refractivity contribution in [1.82, 2.24) is 0 Å². The SMILES string of the molecule is Cc1c(F)ccc([P+](F)(F)F)c1C. The van der Waals surface area contributed by atoms with Crippen molar-refractivity contribution in [3.8, 4) is 0 Å². The van der Waals surface area contributed by atoms with Crippen molar-refractivity contribution in [3.05, 3.63) is 29.1 Å². The molecular formula is C8H8F4P+. The van der Waals surface area contributed by atoms with Crippen LogP contribution in [0.2, 0.25) is 0 Å². The zero-order valence-corrected chi connectivity index (χ0v) is 8.01. The van der Waals surface area contributed by atoms with E-state index in [9.17, 15) is 17.0 Å². The van der Waals surface area contributed by atoms with E-state index in [0.717, 1.165) is 12.1 Å². The highest BCUT2D eigenvalue weighted by molar-refractivity contribution is 7.68. The minimum absolute atomic E-state index is 0.000772. The topological polar surface area (TPSA) is 0 Å². The molecule has 0 saturated carbocycles. The predicted molar refractivity (Wildman–Crippen MR) is 45.8 cm³/mol. The standard InChI is InChI=1S/C8H8F4P/c1-5-6(2)8(13(10,11)12)4-3-7(5)9/h3-4H,1-2H3/q+1. The third kappa shape index (κ3) is 1.99. The second-order valence-electron chi connectivity index (χ2n) is 2.76. The summed E-state index contributed by atoms with van der Waals surface area (Å²) in [7, 11) is -5.52. The second-order valence-corrected chi connectivity index (χ2v) is 4.13. The predicted octanol–water partition coefficient (Wildman–Crippen LogP) is 3.74. The molecule has 0 atom stereocenters. The summed E-state index contributed by atoms with van der Waals surface area (Å²) in [5.41, 5.74) is 0.0793. The quantitative estimate of drug-likeness (QED) is 0.490. The Morgan fingerprint density at radius 1 is 1.00 bits per heavy atom. The molecule has 0 saturated heterocycles. The van der Waals surface area contributed by atoms with Crippen LogP contribution >= 0.6 is 8.19 Å². The van der Waals surface area contributed by atoms with Gasteiger partial charge in [-0.3, -0.25) is 0 Å². The second kappa shape index (κ2) is 3.26. The fourth-order valence-electron chi connectivity index (χ4n) is 1.05. The summed E-state index contributed by atoms with van der Waals surface area (Å²) in [4.78, 5) is 0. The van der Waals surface area contributed by atoms with Crippen molar-refractivity contribution in [2.75, 3.05) is 0 Å². The van der Waals surface area contributed by atoms with Gasteiger partial charge >= 0.3 is 8.19 Å². The molecule has 0 aromatic heterocycles. The van der Waals surface area contributed by atoms with Crippen LogP contribution in [0.25, 0.3) is 0 Å². The lowest BCUT2D eigenvalue weighted by atomic mass is 10.1. The molecular weight excluding hydrogens is 203 g/mol. The maximum Gasteiger partial charge on any atom is 0.602 e. The minimum atomic E-state index is -5.52. The van der Waals surface area contributed by atoms with E-state index >= 15 is 0 Å². The highest BCUT2D eigenvalue weighted by Gasteiger charge is 2.48. The molecule has 5 heteroatoms. The molecule has 1 rings (SSSR count). The molecule has 0 heterocycles. The van der Waals surface area contributed by atoms with Gasteiger partial charge in [0.2, 0.25) is 5.30 Å². The Labute approximate surface area is 74.3 Å². The lowest BCUT2D eigenvalue weighted by molar-refractivity contribution is 0.603. The van der Waals surface area contributed by atoms with E-state index < -0.39 is 19.3 Å². The molecule has 0 spiro atoms. The molecule has 0 aliphatic rings. The van der Waals surface area contributed by atoms with Gasteiger partial charge in [0.25, 0.3) is 0 Å². The molecule has 0 N–H and O–H groups in total. The highest BCUT2D eigenvalue weighted by Crippen LogP contribution is 2.63. The normalized spacial score (nSPS) is 11.8. The molecule has 0 aliphatic heterocycles. The number of rotatable bonds is 1. The van der Waals surface area contributed by atoms with Gasteiger partial charge in [0.15, 0.2) is 0 Å². The molecule has 0 fully saturated rings. The third-order valence-corrected chi connectivity index (χ3v) is 3.00. The monoisotopic (exact) mass is 211 g/mol. The van der Waals surface area contributed by atoms with Crippen molar-refractivity contribution in [3.63, 3.8) is 0 Å². The van der Waals surface area contributed by atoms with Crippen molar-refractivity contribution < 1.29 is 17.0 Å². The molecule has 13 heavy (non-hydrogen) atoms. The van der Waals surface area contributed by atoms with Gasteiger partial charge in [0.05, 0.1) is 0 Å². The molecule has 1 aromatic carbocycles. The molecule has 1 aromatic rings. The minimum Gasteiger partial charge on any atom is -0.207 e. The van der Waals surface area contributed by atoms with E-state index in [0.29, 0.717) is 0 Å². The van der Waals surface area contributed by atoms with Crippen molar-refractivity contribution in [1.29, 1.82) is 0 Å². The van der Waals surface area contributed by atoms with Crippen LogP contribution < -0.4 is 5.30 Å². The Bertz CT molecular complexity index is 330. The van der Waals surface area contributed by atoms with Crippen LogP contribution in [0.1, 0.15) is 11.1 Å². The Kier molecular flexibility index (Phi) is 2.62. The van der Waals surface area contributed by atoms with Crippen LogP contribution in [-0.2, 0) is 0 Å². The van der Waals surface area contributed by atoms with E-state index in [1.807, 2.05) is 0 Å². The average molecular weight is 211 g/mol. The number of halogens is 4. The first-order chi connectivity index (χ1) is 5.84. The van der Waals surface area contributed by atoms with Crippen LogP contribution in [-0.4, -0.2) is 0 Å². The van der Waals surface area contributed by atoms with Crippen LogP contribution in [0.15, 0.2) is 12.1 Å². The van der Waals surface area contributed by atoms with Gasteiger partial charge in [0.1, 0.15) is 5.82 Å². The molecule has 0 bridgehead atoms. The van der Waals surface area contributed by atoms with Gasteiger partial charge in [-0.1, -0.05) is 0 Å². The summed E-state index contributed by atoms with van der Waals surface area (Å²) in [6.45, 7) is 2.64. The summed E-state index contributed by atoms with van der Waals surface area (Å²) >= 11 is 0. The van der Waals surface area contributed by atoms with Crippen LogP contribution in [0, 0.1) is 19.7 Å². The van der Waals surface area contributed by atoms with E-state index in [1.54, 1.807) is 0 Å². The lowest BCUT2D eigenvalue weighted by Crippen LogP contribution is -2.08. The summed E-state index contributed by atoms with van der Waals surface area (Å²) in [5, 5.41) is -0.661. The molecule has 72 valence electrons. The van der Waals surface area contributed by atoms with Crippen LogP contribution in [0.3, 0.4) is 0 Å². The zero-order chi connectivity index (χ0) is 10.2. The zero-order valence-electron chi connectivity index (χ0n) is 7.11. The first kappa shape index (κ1) is 10.5.